The first-order valence-corrected chi connectivity index (χ1v) is 9.11. The molecule has 1 nitrogen and oxygen atoms in total. The summed E-state index contributed by atoms with van der Waals surface area (Å²) >= 11 is 7.85. The lowest BCUT2D eigenvalue weighted by atomic mass is 10.0. The van der Waals surface area contributed by atoms with Crippen LogP contribution >= 0.6 is 49.9 Å². The lowest BCUT2D eigenvalue weighted by molar-refractivity contribution is 0.602. The van der Waals surface area contributed by atoms with Crippen molar-refractivity contribution in [3.63, 3.8) is 0 Å². The number of hydrogen-bond donors (Lipinski definition) is 1. The number of hydrogen-bond acceptors (Lipinski definition) is 2. The number of nitrogens with one attached hydrogen (secondary N) is 1. The Kier molecular flexibility index (Phi) is 5.87. The number of thiophene rings is 1. The Balaban J connectivity index is 2.42. The minimum absolute atomic E-state index is 0.296. The van der Waals surface area contributed by atoms with E-state index in [0.29, 0.717) is 6.04 Å². The van der Waals surface area contributed by atoms with Gasteiger partial charge in [-0.1, -0.05) is 22.9 Å². The minimum atomic E-state index is 0.296. The first-order valence-electron chi connectivity index (χ1n) is 6.35. The summed E-state index contributed by atoms with van der Waals surface area (Å²) in [5.74, 6) is 0. The van der Waals surface area contributed by atoms with Gasteiger partial charge in [0.25, 0.3) is 0 Å². The predicted molar refractivity (Wildman–Crippen MR) is 96.1 cm³/mol. The molecule has 2 rings (SSSR count). The molecule has 0 saturated carbocycles. The van der Waals surface area contributed by atoms with E-state index in [1.807, 2.05) is 11.3 Å². The molecule has 0 aliphatic carbocycles. The van der Waals surface area contributed by atoms with Crippen molar-refractivity contribution in [3.8, 4) is 0 Å². The molecule has 0 fully saturated rings. The predicted octanol–water partition coefficient (Wildman–Crippen LogP) is 5.51. The molecule has 1 aromatic carbocycles. The van der Waals surface area contributed by atoms with Crippen LogP contribution in [0.1, 0.15) is 35.4 Å². The van der Waals surface area contributed by atoms with Crippen LogP contribution in [0.2, 0.25) is 0 Å². The van der Waals surface area contributed by atoms with E-state index in [0.717, 1.165) is 17.4 Å². The average molecular weight is 450 g/mol. The maximum absolute atomic E-state index is 3.68. The summed E-state index contributed by atoms with van der Waals surface area (Å²) < 4.78 is 2.45. The van der Waals surface area contributed by atoms with Gasteiger partial charge in [0.15, 0.2) is 0 Å². The smallest absolute Gasteiger partial charge is 0.0684 e. The lowest BCUT2D eigenvalue weighted by Gasteiger charge is -2.20. The van der Waals surface area contributed by atoms with Gasteiger partial charge in [-0.05, 0) is 83.3 Å². The maximum atomic E-state index is 3.68. The highest BCUT2D eigenvalue weighted by Crippen LogP contribution is 2.33. The van der Waals surface area contributed by atoms with Crippen molar-refractivity contribution in [1.82, 2.24) is 5.32 Å². The van der Waals surface area contributed by atoms with Crippen molar-refractivity contribution >= 4 is 49.9 Å². The number of halogens is 2. The van der Waals surface area contributed by atoms with Crippen LogP contribution in [0.5, 0.6) is 0 Å². The average Bonchev–Trinajstić information content (AvgIpc) is 2.80. The van der Waals surface area contributed by atoms with E-state index in [9.17, 15) is 0 Å². The molecule has 1 unspecified atom stereocenters. The van der Waals surface area contributed by atoms with Crippen LogP contribution in [0.3, 0.4) is 0 Å². The topological polar surface area (TPSA) is 12.0 Å². The van der Waals surface area contributed by atoms with Crippen molar-refractivity contribution in [2.24, 2.45) is 0 Å². The van der Waals surface area contributed by atoms with Gasteiger partial charge in [0, 0.05) is 12.9 Å². The van der Waals surface area contributed by atoms with Crippen LogP contribution in [0.25, 0.3) is 0 Å². The normalized spacial score (nSPS) is 12.6. The zero-order valence-corrected chi connectivity index (χ0v) is 15.6. The summed E-state index contributed by atoms with van der Waals surface area (Å²) in [6.07, 6.45) is 1.14. The molecule has 0 radical (unpaired) electrons. The number of benzene rings is 1. The first-order chi connectivity index (χ1) is 9.13. The Hall–Kier alpha value is 0.0900. The minimum Gasteiger partial charge on any atom is -0.306 e. The summed E-state index contributed by atoms with van der Waals surface area (Å²) in [5.41, 5.74) is 2.73. The highest BCUT2D eigenvalue weighted by Gasteiger charge is 2.19. The maximum Gasteiger partial charge on any atom is 0.0684 e. The molecular formula is C15H17BrINS. The third-order valence-electron chi connectivity index (χ3n) is 3.03. The van der Waals surface area contributed by atoms with Crippen molar-refractivity contribution in [2.75, 3.05) is 6.54 Å². The summed E-state index contributed by atoms with van der Waals surface area (Å²) in [6, 6.07) is 9.00. The third kappa shape index (κ3) is 3.80. The molecule has 0 amide bonds. The van der Waals surface area contributed by atoms with Gasteiger partial charge in [0.05, 0.1) is 6.04 Å². The largest absolute Gasteiger partial charge is 0.306 e. The van der Waals surface area contributed by atoms with Gasteiger partial charge in [0.2, 0.25) is 0 Å². The van der Waals surface area contributed by atoms with E-state index >= 15 is 0 Å². The highest BCUT2D eigenvalue weighted by molar-refractivity contribution is 14.1. The summed E-state index contributed by atoms with van der Waals surface area (Å²) in [6.45, 7) is 5.43. The number of rotatable bonds is 5. The Morgan fingerprint density at radius 2 is 2.16 bits per heavy atom. The van der Waals surface area contributed by atoms with E-state index in [-0.39, 0.29) is 0 Å². The van der Waals surface area contributed by atoms with Crippen molar-refractivity contribution < 1.29 is 0 Å². The van der Waals surface area contributed by atoms with Gasteiger partial charge in [-0.15, -0.1) is 11.3 Å². The van der Waals surface area contributed by atoms with Gasteiger partial charge in [-0.3, -0.25) is 0 Å². The van der Waals surface area contributed by atoms with Gasteiger partial charge in [-0.25, -0.2) is 0 Å². The van der Waals surface area contributed by atoms with Crippen LogP contribution in [0, 0.1) is 10.5 Å². The van der Waals surface area contributed by atoms with Gasteiger partial charge < -0.3 is 5.32 Å². The van der Waals surface area contributed by atoms with E-state index in [1.165, 1.54) is 19.6 Å². The molecule has 1 atom stereocenters. The molecule has 102 valence electrons. The summed E-state index contributed by atoms with van der Waals surface area (Å²) in [5, 5.41) is 5.86. The second-order valence-corrected chi connectivity index (χ2v) is 7.55. The standard InChI is InChI=1S/C15H17BrINS/c1-3-7-18-14(15-10(2)6-8-19-15)12-9-11(16)4-5-13(12)17/h4-6,8-9,14,18H,3,7H2,1-2H3. The summed E-state index contributed by atoms with van der Waals surface area (Å²) in [4.78, 5) is 1.42. The Labute approximate surface area is 141 Å². The molecule has 1 heterocycles. The second-order valence-electron chi connectivity index (χ2n) is 4.52. The molecule has 2 aromatic rings. The van der Waals surface area contributed by atoms with Crippen molar-refractivity contribution in [3.05, 3.63) is 53.7 Å². The lowest BCUT2D eigenvalue weighted by Crippen LogP contribution is -2.23. The Morgan fingerprint density at radius 3 is 2.79 bits per heavy atom. The third-order valence-corrected chi connectivity index (χ3v) is 5.59. The molecule has 0 spiro atoms. The molecule has 1 aromatic heterocycles. The van der Waals surface area contributed by atoms with E-state index < -0.39 is 0 Å². The fourth-order valence-corrected chi connectivity index (χ4v) is 4.09. The quantitative estimate of drug-likeness (QED) is 0.593. The first kappa shape index (κ1) is 15.5. The van der Waals surface area contributed by atoms with Gasteiger partial charge in [-0.2, -0.15) is 0 Å². The fourth-order valence-electron chi connectivity index (χ4n) is 2.05. The molecule has 0 saturated heterocycles. The molecule has 0 bridgehead atoms. The SMILES string of the molecule is CCCNC(c1cc(Br)ccc1I)c1sccc1C. The molecule has 4 heteroatoms. The molecular weight excluding hydrogens is 433 g/mol. The van der Waals surface area contributed by atoms with Crippen LogP contribution in [-0.4, -0.2) is 6.54 Å². The Morgan fingerprint density at radius 1 is 1.37 bits per heavy atom. The van der Waals surface area contributed by atoms with Crippen LogP contribution < -0.4 is 5.32 Å². The molecule has 1 N–H and O–H groups in total. The Bertz CT molecular complexity index is 553. The highest BCUT2D eigenvalue weighted by atomic mass is 127. The van der Waals surface area contributed by atoms with Crippen LogP contribution in [0.15, 0.2) is 34.1 Å². The van der Waals surface area contributed by atoms with Gasteiger partial charge >= 0.3 is 0 Å². The summed E-state index contributed by atoms with van der Waals surface area (Å²) in [7, 11) is 0. The second kappa shape index (κ2) is 7.20. The van der Waals surface area contributed by atoms with Crippen molar-refractivity contribution in [2.45, 2.75) is 26.3 Å². The van der Waals surface area contributed by atoms with E-state index in [1.54, 1.807) is 0 Å². The molecule has 19 heavy (non-hydrogen) atoms. The zero-order chi connectivity index (χ0) is 13.8. The zero-order valence-electron chi connectivity index (χ0n) is 11.0. The van der Waals surface area contributed by atoms with E-state index in [4.69, 9.17) is 0 Å². The molecule has 0 aliphatic rings. The monoisotopic (exact) mass is 449 g/mol. The van der Waals surface area contributed by atoms with E-state index in [2.05, 4.69) is 87.3 Å². The van der Waals surface area contributed by atoms with Crippen LogP contribution in [-0.2, 0) is 0 Å². The van der Waals surface area contributed by atoms with Crippen LogP contribution in [0.4, 0.5) is 0 Å². The van der Waals surface area contributed by atoms with Gasteiger partial charge in [0.1, 0.15) is 0 Å². The number of aryl methyl sites for hydroxylation is 1. The fraction of sp³-hybridized carbons (Fsp3) is 0.333. The molecule has 0 aliphatic heterocycles. The van der Waals surface area contributed by atoms with Crippen molar-refractivity contribution in [1.29, 1.82) is 0 Å².